The van der Waals surface area contributed by atoms with Gasteiger partial charge in [0.15, 0.2) is 0 Å². The summed E-state index contributed by atoms with van der Waals surface area (Å²) in [4.78, 5) is 0. The smallest absolute Gasteiger partial charge is 0.00620 e. The predicted octanol–water partition coefficient (Wildman–Crippen LogP) is 2.18. The van der Waals surface area contributed by atoms with E-state index in [2.05, 4.69) is 13.8 Å². The molecule has 0 radical (unpaired) electrons. The molecule has 0 spiro atoms. The number of nitrogens with one attached hydrogen (secondary N) is 1. The highest BCUT2D eigenvalue weighted by Crippen LogP contribution is 2.11. The van der Waals surface area contributed by atoms with E-state index in [9.17, 15) is 0 Å². The zero-order valence-electron chi connectivity index (χ0n) is 7.85. The highest BCUT2D eigenvalue weighted by Gasteiger charge is 2.09. The predicted molar refractivity (Wildman–Crippen MR) is 50.1 cm³/mol. The van der Waals surface area contributed by atoms with E-state index in [-0.39, 0.29) is 0 Å². The van der Waals surface area contributed by atoms with E-state index in [1.54, 1.807) is 0 Å². The van der Waals surface area contributed by atoms with E-state index in [0.29, 0.717) is 12.0 Å². The van der Waals surface area contributed by atoms with Crippen LogP contribution in [-0.2, 0) is 0 Å². The van der Waals surface area contributed by atoms with Gasteiger partial charge in [-0.3, -0.25) is 0 Å². The third-order valence-electron chi connectivity index (χ3n) is 2.18. The highest BCUT2D eigenvalue weighted by molar-refractivity contribution is 5.78. The van der Waals surface area contributed by atoms with E-state index in [1.807, 2.05) is 6.92 Å². The Morgan fingerprint density at radius 1 is 1.55 bits per heavy atom. The minimum absolute atomic E-state index is 0.314. The first-order chi connectivity index (χ1) is 5.07. The van der Waals surface area contributed by atoms with Crippen molar-refractivity contribution in [1.29, 1.82) is 5.41 Å². The minimum Gasteiger partial charge on any atom is -0.327 e. The van der Waals surface area contributed by atoms with Crippen LogP contribution < -0.4 is 5.73 Å². The number of rotatable bonds is 5. The molecule has 0 aromatic heterocycles. The van der Waals surface area contributed by atoms with Gasteiger partial charge in [0.1, 0.15) is 0 Å². The summed E-state index contributed by atoms with van der Waals surface area (Å²) in [6, 6.07) is 0.314. The number of hydrogen-bond donors (Lipinski definition) is 2. The van der Waals surface area contributed by atoms with Crippen LogP contribution in [0.5, 0.6) is 0 Å². The van der Waals surface area contributed by atoms with Crippen molar-refractivity contribution in [3.8, 4) is 0 Å². The molecule has 0 rings (SSSR count). The Kier molecular flexibility index (Phi) is 5.12. The van der Waals surface area contributed by atoms with Gasteiger partial charge in [-0.05, 0) is 32.1 Å². The lowest BCUT2D eigenvalue weighted by atomic mass is 9.94. The summed E-state index contributed by atoms with van der Waals surface area (Å²) in [7, 11) is 0. The van der Waals surface area contributed by atoms with Crippen molar-refractivity contribution < 1.29 is 0 Å². The summed E-state index contributed by atoms with van der Waals surface area (Å²) in [5, 5.41) is 7.24. The lowest BCUT2D eigenvalue weighted by Gasteiger charge is -2.17. The Morgan fingerprint density at radius 3 is 2.45 bits per heavy atom. The van der Waals surface area contributed by atoms with Crippen molar-refractivity contribution in [3.63, 3.8) is 0 Å². The first-order valence-corrected chi connectivity index (χ1v) is 4.37. The monoisotopic (exact) mass is 156 g/mol. The van der Waals surface area contributed by atoms with Crippen LogP contribution in [-0.4, -0.2) is 11.8 Å². The van der Waals surface area contributed by atoms with Crippen molar-refractivity contribution in [2.45, 2.75) is 46.1 Å². The minimum atomic E-state index is 0.314. The molecular formula is C9H20N2. The second-order valence-electron chi connectivity index (χ2n) is 3.37. The van der Waals surface area contributed by atoms with E-state index in [1.165, 1.54) is 0 Å². The third kappa shape index (κ3) is 4.96. The van der Waals surface area contributed by atoms with Crippen LogP contribution in [0.15, 0.2) is 0 Å². The van der Waals surface area contributed by atoms with E-state index < -0.39 is 0 Å². The van der Waals surface area contributed by atoms with Gasteiger partial charge in [0.2, 0.25) is 0 Å². The molecule has 0 aromatic rings. The molecule has 11 heavy (non-hydrogen) atoms. The molecule has 0 amide bonds. The summed E-state index contributed by atoms with van der Waals surface area (Å²) in [6.45, 7) is 6.12. The fourth-order valence-electron chi connectivity index (χ4n) is 1.06. The van der Waals surface area contributed by atoms with Gasteiger partial charge in [-0.1, -0.05) is 13.8 Å². The van der Waals surface area contributed by atoms with Crippen molar-refractivity contribution in [2.24, 2.45) is 11.7 Å². The summed E-state index contributed by atoms with van der Waals surface area (Å²) in [6.07, 6.45) is 3.00. The topological polar surface area (TPSA) is 49.9 Å². The van der Waals surface area contributed by atoms with Gasteiger partial charge >= 0.3 is 0 Å². The van der Waals surface area contributed by atoms with Gasteiger partial charge in [0.05, 0.1) is 0 Å². The van der Waals surface area contributed by atoms with Gasteiger partial charge in [-0.2, -0.15) is 0 Å². The Labute approximate surface area is 69.7 Å². The largest absolute Gasteiger partial charge is 0.327 e. The van der Waals surface area contributed by atoms with Crippen molar-refractivity contribution in [2.75, 3.05) is 0 Å². The molecule has 2 nitrogen and oxygen atoms in total. The first kappa shape index (κ1) is 10.6. The molecule has 0 heterocycles. The van der Waals surface area contributed by atoms with Crippen LogP contribution in [0.4, 0.5) is 0 Å². The molecule has 0 aromatic carbocycles. The Morgan fingerprint density at radius 2 is 2.09 bits per heavy atom. The summed E-state index contributed by atoms with van der Waals surface area (Å²) >= 11 is 0. The molecule has 0 fully saturated rings. The zero-order valence-corrected chi connectivity index (χ0v) is 7.85. The van der Waals surface area contributed by atoms with Gasteiger partial charge in [-0.25, -0.2) is 0 Å². The van der Waals surface area contributed by atoms with Gasteiger partial charge < -0.3 is 11.1 Å². The second kappa shape index (κ2) is 5.30. The van der Waals surface area contributed by atoms with E-state index in [0.717, 1.165) is 25.0 Å². The Balaban J connectivity index is 3.51. The number of hydrogen-bond acceptors (Lipinski definition) is 2. The molecule has 0 aliphatic carbocycles. The van der Waals surface area contributed by atoms with Crippen LogP contribution in [0.2, 0.25) is 0 Å². The fraction of sp³-hybridized carbons (Fsp3) is 0.889. The lowest BCUT2D eigenvalue weighted by Crippen LogP contribution is -2.27. The maximum Gasteiger partial charge on any atom is 0.00620 e. The normalized spacial score (nSPS) is 16.0. The standard InChI is InChI=1S/C9H20N2/c1-4-9(11)7(2)5-6-8(3)10/h7,9-10H,4-6,11H2,1-3H3. The molecule has 0 saturated carbocycles. The first-order valence-electron chi connectivity index (χ1n) is 4.37. The van der Waals surface area contributed by atoms with E-state index in [4.69, 9.17) is 11.1 Å². The summed E-state index contributed by atoms with van der Waals surface area (Å²) < 4.78 is 0. The van der Waals surface area contributed by atoms with Crippen molar-refractivity contribution in [1.82, 2.24) is 0 Å². The van der Waals surface area contributed by atoms with Gasteiger partial charge in [0.25, 0.3) is 0 Å². The molecular weight excluding hydrogens is 136 g/mol. The maximum absolute atomic E-state index is 7.24. The quantitative estimate of drug-likeness (QED) is 0.589. The van der Waals surface area contributed by atoms with Gasteiger partial charge in [0, 0.05) is 11.8 Å². The number of nitrogens with two attached hydrogens (primary N) is 1. The van der Waals surface area contributed by atoms with Crippen molar-refractivity contribution in [3.05, 3.63) is 0 Å². The van der Waals surface area contributed by atoms with Gasteiger partial charge in [-0.15, -0.1) is 0 Å². The Hall–Kier alpha value is -0.370. The molecule has 3 N–H and O–H groups in total. The molecule has 0 bridgehead atoms. The molecule has 2 heteroatoms. The van der Waals surface area contributed by atoms with Crippen LogP contribution in [0, 0.1) is 11.3 Å². The van der Waals surface area contributed by atoms with Crippen LogP contribution in [0.25, 0.3) is 0 Å². The lowest BCUT2D eigenvalue weighted by molar-refractivity contribution is 0.423. The zero-order chi connectivity index (χ0) is 8.85. The average Bonchev–Trinajstić information content (AvgIpc) is 1.98. The SMILES string of the molecule is CCC(N)C(C)CCC(C)=N. The second-order valence-corrected chi connectivity index (χ2v) is 3.37. The molecule has 0 saturated heterocycles. The van der Waals surface area contributed by atoms with Crippen LogP contribution in [0.1, 0.15) is 40.0 Å². The summed E-state index contributed by atoms with van der Waals surface area (Å²) in [5.74, 6) is 0.556. The molecule has 2 atom stereocenters. The van der Waals surface area contributed by atoms with Crippen molar-refractivity contribution >= 4 is 5.71 Å². The van der Waals surface area contributed by atoms with Crippen LogP contribution >= 0.6 is 0 Å². The summed E-state index contributed by atoms with van der Waals surface area (Å²) in [5.41, 5.74) is 6.60. The third-order valence-corrected chi connectivity index (χ3v) is 2.18. The van der Waals surface area contributed by atoms with Crippen LogP contribution in [0.3, 0.4) is 0 Å². The highest BCUT2D eigenvalue weighted by atomic mass is 14.6. The molecule has 0 aliphatic heterocycles. The Bertz CT molecular complexity index is 121. The fourth-order valence-corrected chi connectivity index (χ4v) is 1.06. The average molecular weight is 156 g/mol. The van der Waals surface area contributed by atoms with E-state index >= 15 is 0 Å². The maximum atomic E-state index is 7.24. The molecule has 2 unspecified atom stereocenters. The molecule has 0 aliphatic rings. The molecule has 66 valence electrons.